The Bertz CT molecular complexity index is 1170. The van der Waals surface area contributed by atoms with E-state index in [9.17, 15) is 13.2 Å². The highest BCUT2D eigenvalue weighted by Crippen LogP contribution is 2.31. The zero-order valence-corrected chi connectivity index (χ0v) is 16.8. The molecule has 0 bridgehead atoms. The van der Waals surface area contributed by atoms with Gasteiger partial charge in [-0.1, -0.05) is 53.3 Å². The second-order valence-electron chi connectivity index (χ2n) is 6.56. The predicted molar refractivity (Wildman–Crippen MR) is 105 cm³/mol. The summed E-state index contributed by atoms with van der Waals surface area (Å²) >= 11 is 1.38. The van der Waals surface area contributed by atoms with Crippen LogP contribution in [0.15, 0.2) is 58.2 Å². The van der Waals surface area contributed by atoms with Crippen LogP contribution >= 0.6 is 11.8 Å². The molecule has 4 aromatic rings. The third kappa shape index (κ3) is 4.09. The number of hydrogen-bond donors (Lipinski definition) is 0. The maximum atomic E-state index is 12.7. The van der Waals surface area contributed by atoms with E-state index < -0.39 is 11.7 Å². The lowest BCUT2D eigenvalue weighted by Crippen LogP contribution is -2.04. The van der Waals surface area contributed by atoms with Crippen LogP contribution in [0.4, 0.5) is 13.2 Å². The van der Waals surface area contributed by atoms with Gasteiger partial charge in [-0.25, -0.2) is 0 Å². The third-order valence-corrected chi connectivity index (χ3v) is 5.49. The maximum Gasteiger partial charge on any atom is 0.416 e. The molecule has 6 nitrogen and oxygen atoms in total. The van der Waals surface area contributed by atoms with Crippen molar-refractivity contribution in [3.05, 3.63) is 65.5 Å². The number of aryl methyl sites for hydroxylation is 1. The second kappa shape index (κ2) is 7.94. The van der Waals surface area contributed by atoms with Crippen molar-refractivity contribution in [2.24, 2.45) is 7.05 Å². The van der Waals surface area contributed by atoms with Gasteiger partial charge in [-0.05, 0) is 24.6 Å². The average molecular weight is 431 g/mol. The van der Waals surface area contributed by atoms with Gasteiger partial charge in [0.15, 0.2) is 11.0 Å². The van der Waals surface area contributed by atoms with Crippen LogP contribution in [0.2, 0.25) is 0 Å². The molecule has 10 heteroatoms. The van der Waals surface area contributed by atoms with Gasteiger partial charge in [0, 0.05) is 18.2 Å². The van der Waals surface area contributed by atoms with Crippen molar-refractivity contribution in [2.75, 3.05) is 0 Å². The van der Waals surface area contributed by atoms with Crippen molar-refractivity contribution in [2.45, 2.75) is 24.0 Å². The van der Waals surface area contributed by atoms with Crippen LogP contribution in [0.1, 0.15) is 17.0 Å². The fourth-order valence-electron chi connectivity index (χ4n) is 2.86. The summed E-state index contributed by atoms with van der Waals surface area (Å²) in [7, 11) is 1.88. The maximum absolute atomic E-state index is 12.7. The number of alkyl halides is 3. The molecule has 0 atom stereocenters. The summed E-state index contributed by atoms with van der Waals surface area (Å²) in [5, 5.41) is 13.0. The highest BCUT2D eigenvalue weighted by Gasteiger charge is 2.30. The molecule has 0 amide bonds. The fourth-order valence-corrected chi connectivity index (χ4v) is 3.61. The molecular weight excluding hydrogens is 415 g/mol. The molecule has 4 rings (SSSR count). The van der Waals surface area contributed by atoms with E-state index in [0.29, 0.717) is 22.4 Å². The number of hydrogen-bond acceptors (Lipinski definition) is 6. The molecule has 0 aliphatic carbocycles. The molecule has 0 unspecified atom stereocenters. The molecule has 30 heavy (non-hydrogen) atoms. The molecule has 0 N–H and O–H groups in total. The summed E-state index contributed by atoms with van der Waals surface area (Å²) in [4.78, 5) is 4.26. The molecular formula is C20H16F3N5OS. The van der Waals surface area contributed by atoms with E-state index in [2.05, 4.69) is 20.3 Å². The van der Waals surface area contributed by atoms with Crippen LogP contribution < -0.4 is 0 Å². The monoisotopic (exact) mass is 431 g/mol. The summed E-state index contributed by atoms with van der Waals surface area (Å²) in [6, 6.07) is 12.5. The molecule has 2 aromatic heterocycles. The molecule has 0 aliphatic rings. The van der Waals surface area contributed by atoms with Crippen molar-refractivity contribution < 1.29 is 17.7 Å². The van der Waals surface area contributed by atoms with Gasteiger partial charge in [0.25, 0.3) is 0 Å². The van der Waals surface area contributed by atoms with Gasteiger partial charge in [-0.15, -0.1) is 10.2 Å². The van der Waals surface area contributed by atoms with E-state index in [1.54, 1.807) is 0 Å². The molecule has 2 aromatic carbocycles. The minimum absolute atomic E-state index is 0.234. The van der Waals surface area contributed by atoms with Gasteiger partial charge >= 0.3 is 6.18 Å². The standard InChI is InChI=1S/C20H16F3N5OS/c1-12-5-3-4-6-15(12)18-25-26-19(28(18)2)30-11-16-24-17(27-29-16)13-7-9-14(10-8-13)20(21,22)23/h3-10H,11H2,1-2H3. The van der Waals surface area contributed by atoms with Crippen molar-refractivity contribution in [3.8, 4) is 22.8 Å². The first kappa shape index (κ1) is 20.1. The number of thioether (sulfide) groups is 1. The lowest BCUT2D eigenvalue weighted by Gasteiger charge is -2.05. The molecule has 0 radical (unpaired) electrons. The van der Waals surface area contributed by atoms with Gasteiger partial charge in [-0.3, -0.25) is 0 Å². The van der Waals surface area contributed by atoms with E-state index in [1.807, 2.05) is 42.8 Å². The number of nitrogens with zero attached hydrogens (tertiary/aromatic N) is 5. The van der Waals surface area contributed by atoms with Gasteiger partial charge < -0.3 is 9.09 Å². The van der Waals surface area contributed by atoms with Crippen molar-refractivity contribution in [3.63, 3.8) is 0 Å². The van der Waals surface area contributed by atoms with E-state index in [0.717, 1.165) is 29.1 Å². The molecule has 2 heterocycles. The molecule has 0 aliphatic heterocycles. The Balaban J connectivity index is 1.46. The zero-order valence-electron chi connectivity index (χ0n) is 16.0. The summed E-state index contributed by atoms with van der Waals surface area (Å²) in [5.41, 5.74) is 1.82. The Morgan fingerprint density at radius 1 is 1.03 bits per heavy atom. The Labute approximate surface area is 174 Å². The van der Waals surface area contributed by atoms with Crippen LogP contribution in [-0.2, 0) is 19.0 Å². The fraction of sp³-hybridized carbons (Fsp3) is 0.200. The van der Waals surface area contributed by atoms with Crippen LogP contribution in [0.5, 0.6) is 0 Å². The van der Waals surface area contributed by atoms with E-state index in [1.165, 1.54) is 23.9 Å². The molecule has 0 spiro atoms. The quantitative estimate of drug-likeness (QED) is 0.407. The lowest BCUT2D eigenvalue weighted by molar-refractivity contribution is -0.137. The minimum atomic E-state index is -4.38. The molecule has 0 fully saturated rings. The van der Waals surface area contributed by atoms with Gasteiger partial charge in [0.2, 0.25) is 11.7 Å². The first-order valence-corrected chi connectivity index (χ1v) is 9.90. The highest BCUT2D eigenvalue weighted by molar-refractivity contribution is 7.98. The van der Waals surface area contributed by atoms with Crippen molar-refractivity contribution in [1.29, 1.82) is 0 Å². The minimum Gasteiger partial charge on any atom is -0.338 e. The number of aromatic nitrogens is 5. The average Bonchev–Trinajstić information content (AvgIpc) is 3.33. The van der Waals surface area contributed by atoms with Crippen LogP contribution in [0.3, 0.4) is 0 Å². The van der Waals surface area contributed by atoms with E-state index >= 15 is 0 Å². The van der Waals surface area contributed by atoms with Crippen molar-refractivity contribution in [1.82, 2.24) is 24.9 Å². The smallest absolute Gasteiger partial charge is 0.338 e. The first-order chi connectivity index (χ1) is 14.3. The predicted octanol–water partition coefficient (Wildman–Crippen LogP) is 5.15. The molecule has 154 valence electrons. The number of benzene rings is 2. The summed E-state index contributed by atoms with van der Waals surface area (Å²) in [6.07, 6.45) is -4.38. The molecule has 0 saturated heterocycles. The van der Waals surface area contributed by atoms with Crippen molar-refractivity contribution >= 4 is 11.8 Å². The Morgan fingerprint density at radius 2 is 1.77 bits per heavy atom. The Kier molecular flexibility index (Phi) is 5.33. The lowest BCUT2D eigenvalue weighted by atomic mass is 10.1. The normalized spacial score (nSPS) is 11.8. The van der Waals surface area contributed by atoms with E-state index in [-0.39, 0.29) is 5.82 Å². The molecule has 0 saturated carbocycles. The van der Waals surface area contributed by atoms with Crippen LogP contribution in [0.25, 0.3) is 22.8 Å². The topological polar surface area (TPSA) is 69.6 Å². The summed E-state index contributed by atoms with van der Waals surface area (Å²) in [5.74, 6) is 1.69. The number of halogens is 3. The first-order valence-electron chi connectivity index (χ1n) is 8.91. The summed E-state index contributed by atoms with van der Waals surface area (Å²) in [6.45, 7) is 2.01. The van der Waals surface area contributed by atoms with Crippen LogP contribution in [0, 0.1) is 6.92 Å². The largest absolute Gasteiger partial charge is 0.416 e. The Hall–Kier alpha value is -3.14. The zero-order chi connectivity index (χ0) is 21.3. The SMILES string of the molecule is Cc1ccccc1-c1nnc(SCc2nc(-c3ccc(C(F)(F)F)cc3)no2)n1C. The summed E-state index contributed by atoms with van der Waals surface area (Å²) < 4.78 is 45.2. The number of rotatable bonds is 5. The van der Waals surface area contributed by atoms with Crippen LogP contribution in [-0.4, -0.2) is 24.9 Å². The third-order valence-electron chi connectivity index (χ3n) is 4.48. The van der Waals surface area contributed by atoms with E-state index in [4.69, 9.17) is 4.52 Å². The highest BCUT2D eigenvalue weighted by atomic mass is 32.2. The van der Waals surface area contributed by atoms with Gasteiger partial charge in [0.1, 0.15) is 0 Å². The Morgan fingerprint density at radius 3 is 2.47 bits per heavy atom. The van der Waals surface area contributed by atoms with Gasteiger partial charge in [0.05, 0.1) is 11.3 Å². The second-order valence-corrected chi connectivity index (χ2v) is 7.50. The van der Waals surface area contributed by atoms with Gasteiger partial charge in [-0.2, -0.15) is 18.2 Å².